The maximum absolute atomic E-state index is 12.3. The van der Waals surface area contributed by atoms with Crippen molar-refractivity contribution in [3.63, 3.8) is 0 Å². The van der Waals surface area contributed by atoms with Gasteiger partial charge in [-0.05, 0) is 45.7 Å². The number of nitrogens with zero attached hydrogens (tertiary/aromatic N) is 1. The second-order valence-electron chi connectivity index (χ2n) is 6.40. The Hall–Kier alpha value is -1.39. The number of benzene rings is 1. The molecule has 116 valence electrons. The molecule has 1 atom stereocenters. The Morgan fingerprint density at radius 3 is 2.48 bits per heavy atom. The van der Waals surface area contributed by atoms with Gasteiger partial charge >= 0.3 is 0 Å². The van der Waals surface area contributed by atoms with Crippen molar-refractivity contribution in [1.29, 1.82) is 0 Å². The zero-order valence-corrected chi connectivity index (χ0v) is 13.3. The summed E-state index contributed by atoms with van der Waals surface area (Å²) in [5.74, 6) is -0.299. The molecule has 0 spiro atoms. The lowest BCUT2D eigenvalue weighted by Crippen LogP contribution is -2.56. The summed E-state index contributed by atoms with van der Waals surface area (Å²) >= 11 is 0. The van der Waals surface area contributed by atoms with Crippen LogP contribution in [0.3, 0.4) is 0 Å². The van der Waals surface area contributed by atoms with Crippen molar-refractivity contribution in [2.24, 2.45) is 5.73 Å². The summed E-state index contributed by atoms with van der Waals surface area (Å²) in [5, 5.41) is 3.42. The first kappa shape index (κ1) is 16.0. The van der Waals surface area contributed by atoms with E-state index in [0.717, 1.165) is 12.1 Å². The van der Waals surface area contributed by atoms with Crippen LogP contribution in [-0.4, -0.2) is 36.5 Å². The highest BCUT2D eigenvalue weighted by atomic mass is 16.1. The van der Waals surface area contributed by atoms with E-state index in [9.17, 15) is 4.79 Å². The molecule has 0 saturated heterocycles. The standard InChI is InChI=1S/C17H27N3O/c1-13(2)19-17(16(18)21,14-7-5-4-6-8-14)11-12-20(3)15-9-10-15/h4-8,13,15,19H,9-12H2,1-3H3,(H2,18,21). The van der Waals surface area contributed by atoms with E-state index in [1.165, 1.54) is 12.8 Å². The van der Waals surface area contributed by atoms with Gasteiger partial charge in [0.1, 0.15) is 5.54 Å². The van der Waals surface area contributed by atoms with E-state index in [-0.39, 0.29) is 11.9 Å². The molecule has 1 saturated carbocycles. The molecule has 0 radical (unpaired) electrons. The molecule has 3 N–H and O–H groups in total. The van der Waals surface area contributed by atoms with Gasteiger partial charge in [-0.15, -0.1) is 0 Å². The Labute approximate surface area is 127 Å². The van der Waals surface area contributed by atoms with E-state index in [1.54, 1.807) is 0 Å². The van der Waals surface area contributed by atoms with Gasteiger partial charge in [-0.25, -0.2) is 0 Å². The van der Waals surface area contributed by atoms with Crippen molar-refractivity contribution in [1.82, 2.24) is 10.2 Å². The van der Waals surface area contributed by atoms with Gasteiger partial charge in [0.2, 0.25) is 5.91 Å². The first-order valence-corrected chi connectivity index (χ1v) is 7.79. The molecule has 1 unspecified atom stereocenters. The number of hydrogen-bond donors (Lipinski definition) is 2. The number of amides is 1. The Balaban J connectivity index is 2.24. The molecule has 0 aromatic heterocycles. The lowest BCUT2D eigenvalue weighted by atomic mass is 9.84. The number of carbonyl (C=O) groups is 1. The Morgan fingerprint density at radius 2 is 2.00 bits per heavy atom. The number of primary amides is 1. The maximum Gasteiger partial charge on any atom is 0.242 e. The Bertz CT molecular complexity index is 470. The SMILES string of the molecule is CC(C)NC(CCN(C)C1CC1)(C(N)=O)c1ccccc1. The molecule has 1 fully saturated rings. The number of rotatable bonds is 8. The van der Waals surface area contributed by atoms with Crippen molar-refractivity contribution in [2.75, 3.05) is 13.6 Å². The largest absolute Gasteiger partial charge is 0.368 e. The van der Waals surface area contributed by atoms with Crippen LogP contribution in [0.15, 0.2) is 30.3 Å². The molecule has 1 aromatic rings. The minimum atomic E-state index is -0.793. The summed E-state index contributed by atoms with van der Waals surface area (Å²) in [4.78, 5) is 14.6. The maximum atomic E-state index is 12.3. The molecule has 1 aliphatic rings. The van der Waals surface area contributed by atoms with Gasteiger partial charge in [0.05, 0.1) is 0 Å². The summed E-state index contributed by atoms with van der Waals surface area (Å²) in [7, 11) is 2.13. The van der Waals surface area contributed by atoms with Crippen LogP contribution >= 0.6 is 0 Å². The van der Waals surface area contributed by atoms with Crippen LogP contribution in [0, 0.1) is 0 Å². The molecule has 2 rings (SSSR count). The number of nitrogens with one attached hydrogen (secondary N) is 1. The minimum Gasteiger partial charge on any atom is -0.368 e. The molecule has 0 heterocycles. The Morgan fingerprint density at radius 1 is 1.38 bits per heavy atom. The van der Waals surface area contributed by atoms with Gasteiger partial charge in [0.25, 0.3) is 0 Å². The zero-order valence-electron chi connectivity index (χ0n) is 13.3. The van der Waals surface area contributed by atoms with Gasteiger partial charge in [-0.3, -0.25) is 10.1 Å². The van der Waals surface area contributed by atoms with Crippen molar-refractivity contribution in [3.05, 3.63) is 35.9 Å². The number of nitrogens with two attached hydrogens (primary N) is 1. The monoisotopic (exact) mass is 289 g/mol. The third-order valence-electron chi connectivity index (χ3n) is 4.23. The highest BCUT2D eigenvalue weighted by Gasteiger charge is 2.39. The van der Waals surface area contributed by atoms with E-state index >= 15 is 0 Å². The molecule has 4 heteroatoms. The zero-order chi connectivity index (χ0) is 15.5. The van der Waals surface area contributed by atoms with Crippen LogP contribution in [0.2, 0.25) is 0 Å². The molecular formula is C17H27N3O. The third-order valence-corrected chi connectivity index (χ3v) is 4.23. The van der Waals surface area contributed by atoms with Gasteiger partial charge in [-0.2, -0.15) is 0 Å². The fourth-order valence-corrected chi connectivity index (χ4v) is 2.89. The molecule has 4 nitrogen and oxygen atoms in total. The predicted octanol–water partition coefficient (Wildman–Crippen LogP) is 1.85. The fraction of sp³-hybridized carbons (Fsp3) is 0.588. The van der Waals surface area contributed by atoms with E-state index in [4.69, 9.17) is 5.73 Å². The van der Waals surface area contributed by atoms with Gasteiger partial charge < -0.3 is 10.6 Å². The second kappa shape index (κ2) is 6.58. The third kappa shape index (κ3) is 3.83. The van der Waals surface area contributed by atoms with E-state index < -0.39 is 5.54 Å². The first-order chi connectivity index (χ1) is 9.95. The quantitative estimate of drug-likeness (QED) is 0.768. The number of hydrogen-bond acceptors (Lipinski definition) is 3. The normalized spacial score (nSPS) is 18.0. The molecule has 0 bridgehead atoms. The highest BCUT2D eigenvalue weighted by Crippen LogP contribution is 2.30. The van der Waals surface area contributed by atoms with Gasteiger partial charge in [0.15, 0.2) is 0 Å². The van der Waals surface area contributed by atoms with Crippen LogP contribution in [-0.2, 0) is 10.3 Å². The lowest BCUT2D eigenvalue weighted by Gasteiger charge is -2.35. The van der Waals surface area contributed by atoms with Gasteiger partial charge in [0, 0.05) is 18.6 Å². The first-order valence-electron chi connectivity index (χ1n) is 7.79. The average molecular weight is 289 g/mol. The van der Waals surface area contributed by atoms with Crippen molar-refractivity contribution in [3.8, 4) is 0 Å². The molecule has 1 amide bonds. The topological polar surface area (TPSA) is 58.4 Å². The second-order valence-corrected chi connectivity index (χ2v) is 6.40. The number of carbonyl (C=O) groups excluding carboxylic acids is 1. The van der Waals surface area contributed by atoms with E-state index in [1.807, 2.05) is 44.2 Å². The Kier molecular flexibility index (Phi) is 5.01. The van der Waals surface area contributed by atoms with Crippen LogP contribution in [0.4, 0.5) is 0 Å². The molecule has 1 aliphatic carbocycles. The van der Waals surface area contributed by atoms with E-state index in [2.05, 4.69) is 17.3 Å². The van der Waals surface area contributed by atoms with Crippen LogP contribution in [0.5, 0.6) is 0 Å². The summed E-state index contributed by atoms with van der Waals surface area (Å²) < 4.78 is 0. The summed E-state index contributed by atoms with van der Waals surface area (Å²) in [6, 6.07) is 10.7. The summed E-state index contributed by atoms with van der Waals surface area (Å²) in [5.41, 5.74) is 5.97. The van der Waals surface area contributed by atoms with Gasteiger partial charge in [-0.1, -0.05) is 30.3 Å². The van der Waals surface area contributed by atoms with Crippen LogP contribution < -0.4 is 11.1 Å². The molecular weight excluding hydrogens is 262 g/mol. The minimum absolute atomic E-state index is 0.184. The van der Waals surface area contributed by atoms with E-state index in [0.29, 0.717) is 12.5 Å². The van der Waals surface area contributed by atoms with Crippen molar-refractivity contribution < 1.29 is 4.79 Å². The highest BCUT2D eigenvalue weighted by molar-refractivity contribution is 5.86. The molecule has 21 heavy (non-hydrogen) atoms. The lowest BCUT2D eigenvalue weighted by molar-refractivity contribution is -0.125. The van der Waals surface area contributed by atoms with Crippen LogP contribution in [0.25, 0.3) is 0 Å². The molecule has 0 aliphatic heterocycles. The fourth-order valence-electron chi connectivity index (χ4n) is 2.89. The molecule has 1 aromatic carbocycles. The summed E-state index contributed by atoms with van der Waals surface area (Å²) in [6.45, 7) is 4.96. The van der Waals surface area contributed by atoms with Crippen LogP contribution in [0.1, 0.15) is 38.7 Å². The average Bonchev–Trinajstić information content (AvgIpc) is 3.28. The van der Waals surface area contributed by atoms with Crippen molar-refractivity contribution in [2.45, 2.75) is 50.7 Å². The predicted molar refractivity (Wildman–Crippen MR) is 85.9 cm³/mol. The summed E-state index contributed by atoms with van der Waals surface area (Å²) in [6.07, 6.45) is 3.23. The van der Waals surface area contributed by atoms with Crippen molar-refractivity contribution >= 4 is 5.91 Å². The smallest absolute Gasteiger partial charge is 0.242 e.